The third-order valence-electron chi connectivity index (χ3n) is 3.99. The Labute approximate surface area is 127 Å². The number of benzene rings is 2. The number of nitrogens with one attached hydrogen (secondary N) is 1. The molecule has 4 heteroatoms. The van der Waals surface area contributed by atoms with Crippen LogP contribution in [-0.2, 0) is 0 Å². The molecule has 0 amide bonds. The van der Waals surface area contributed by atoms with Crippen LogP contribution in [0.2, 0.25) is 0 Å². The Morgan fingerprint density at radius 2 is 1.77 bits per heavy atom. The molecular formula is C18H13N3O. The van der Waals surface area contributed by atoms with Crippen LogP contribution in [0.4, 0.5) is 0 Å². The van der Waals surface area contributed by atoms with Gasteiger partial charge in [0.15, 0.2) is 5.75 Å². The molecule has 106 valence electrons. The Bertz CT molecular complexity index is 932. The minimum atomic E-state index is -0.234. The summed E-state index contributed by atoms with van der Waals surface area (Å²) in [5.74, 6) is 0.650. The van der Waals surface area contributed by atoms with Crippen LogP contribution in [0.1, 0.15) is 17.2 Å². The smallest absolute Gasteiger partial charge is 0.205 e. The second-order valence-corrected chi connectivity index (χ2v) is 5.25. The molecule has 1 unspecified atom stereocenters. The molecule has 3 aromatic rings. The third-order valence-corrected chi connectivity index (χ3v) is 3.99. The lowest BCUT2D eigenvalue weighted by Crippen LogP contribution is -2.20. The molecule has 0 radical (unpaired) electrons. The Morgan fingerprint density at radius 1 is 1.05 bits per heavy atom. The average molecular weight is 287 g/mol. The van der Waals surface area contributed by atoms with Crippen molar-refractivity contribution in [1.29, 1.82) is 5.26 Å². The van der Waals surface area contributed by atoms with E-state index >= 15 is 0 Å². The van der Waals surface area contributed by atoms with Crippen LogP contribution in [-0.4, -0.2) is 4.98 Å². The summed E-state index contributed by atoms with van der Waals surface area (Å²) in [6.07, 6.45) is 0. The summed E-state index contributed by atoms with van der Waals surface area (Å²) in [5.41, 5.74) is 9.30. The summed E-state index contributed by atoms with van der Waals surface area (Å²) in [7, 11) is 0. The van der Waals surface area contributed by atoms with Gasteiger partial charge in [-0.05, 0) is 17.7 Å². The van der Waals surface area contributed by atoms with Gasteiger partial charge in [-0.25, -0.2) is 0 Å². The SMILES string of the molecule is N#CC1=C(N)Oc2c([nH]c3ccccc23)C1c1ccccc1. The van der Waals surface area contributed by atoms with E-state index in [1.54, 1.807) is 0 Å². The van der Waals surface area contributed by atoms with Gasteiger partial charge >= 0.3 is 0 Å². The van der Waals surface area contributed by atoms with Crippen molar-refractivity contribution in [3.05, 3.63) is 77.3 Å². The van der Waals surface area contributed by atoms with E-state index in [9.17, 15) is 5.26 Å². The summed E-state index contributed by atoms with van der Waals surface area (Å²) < 4.78 is 5.74. The van der Waals surface area contributed by atoms with Gasteiger partial charge in [-0.15, -0.1) is 0 Å². The fraction of sp³-hybridized carbons (Fsp3) is 0.0556. The number of ether oxygens (including phenoxy) is 1. The van der Waals surface area contributed by atoms with Gasteiger partial charge in [0.05, 0.1) is 11.6 Å². The van der Waals surface area contributed by atoms with E-state index in [0.29, 0.717) is 11.3 Å². The van der Waals surface area contributed by atoms with Crippen LogP contribution in [0.5, 0.6) is 5.75 Å². The maximum absolute atomic E-state index is 9.51. The summed E-state index contributed by atoms with van der Waals surface area (Å²) in [4.78, 5) is 3.38. The highest BCUT2D eigenvalue weighted by Gasteiger charge is 2.33. The minimum Gasteiger partial charge on any atom is -0.438 e. The molecule has 0 saturated carbocycles. The molecule has 0 aliphatic carbocycles. The summed E-state index contributed by atoms with van der Waals surface area (Å²) in [5, 5.41) is 10.5. The molecule has 0 saturated heterocycles. The highest BCUT2D eigenvalue weighted by molar-refractivity contribution is 5.89. The molecular weight excluding hydrogens is 274 g/mol. The second-order valence-electron chi connectivity index (χ2n) is 5.25. The number of nitrogens with two attached hydrogens (primary N) is 1. The summed E-state index contributed by atoms with van der Waals surface area (Å²) >= 11 is 0. The third kappa shape index (κ3) is 1.69. The quantitative estimate of drug-likeness (QED) is 0.720. The number of aromatic nitrogens is 1. The van der Waals surface area contributed by atoms with Gasteiger partial charge in [0, 0.05) is 10.9 Å². The maximum atomic E-state index is 9.51. The zero-order chi connectivity index (χ0) is 15.1. The minimum absolute atomic E-state index is 0.175. The number of rotatable bonds is 1. The lowest BCUT2D eigenvalue weighted by Gasteiger charge is -2.23. The van der Waals surface area contributed by atoms with Crippen molar-refractivity contribution in [2.24, 2.45) is 5.73 Å². The Hall–Kier alpha value is -3.19. The average Bonchev–Trinajstić information content (AvgIpc) is 2.92. The van der Waals surface area contributed by atoms with Gasteiger partial charge in [-0.2, -0.15) is 5.26 Å². The zero-order valence-electron chi connectivity index (χ0n) is 11.7. The number of hydrogen-bond donors (Lipinski definition) is 2. The van der Waals surface area contributed by atoms with Crippen LogP contribution >= 0.6 is 0 Å². The molecule has 3 N–H and O–H groups in total. The van der Waals surface area contributed by atoms with Gasteiger partial charge in [0.2, 0.25) is 5.88 Å². The zero-order valence-corrected chi connectivity index (χ0v) is 11.7. The largest absolute Gasteiger partial charge is 0.438 e. The number of hydrogen-bond acceptors (Lipinski definition) is 3. The maximum Gasteiger partial charge on any atom is 0.205 e. The lowest BCUT2D eigenvalue weighted by atomic mass is 9.87. The van der Waals surface area contributed by atoms with E-state index in [1.807, 2.05) is 54.6 Å². The number of fused-ring (bicyclic) bond motifs is 3. The molecule has 0 fully saturated rings. The normalized spacial score (nSPS) is 17.0. The van der Waals surface area contributed by atoms with Gasteiger partial charge in [-0.3, -0.25) is 0 Å². The van der Waals surface area contributed by atoms with Gasteiger partial charge < -0.3 is 15.5 Å². The highest BCUT2D eigenvalue weighted by atomic mass is 16.5. The van der Waals surface area contributed by atoms with Gasteiger partial charge in [-0.1, -0.05) is 42.5 Å². The molecule has 0 spiro atoms. The fourth-order valence-corrected chi connectivity index (χ4v) is 3.00. The monoisotopic (exact) mass is 287 g/mol. The van der Waals surface area contributed by atoms with Crippen molar-refractivity contribution < 1.29 is 4.74 Å². The predicted octanol–water partition coefficient (Wildman–Crippen LogP) is 3.39. The van der Waals surface area contributed by atoms with E-state index in [4.69, 9.17) is 10.5 Å². The Kier molecular flexibility index (Phi) is 2.67. The molecule has 4 nitrogen and oxygen atoms in total. The van der Waals surface area contributed by atoms with E-state index in [2.05, 4.69) is 11.1 Å². The van der Waals surface area contributed by atoms with Crippen molar-refractivity contribution in [1.82, 2.24) is 4.98 Å². The van der Waals surface area contributed by atoms with Crippen LogP contribution in [0.25, 0.3) is 10.9 Å². The van der Waals surface area contributed by atoms with Crippen molar-refractivity contribution in [2.45, 2.75) is 5.92 Å². The summed E-state index contributed by atoms with van der Waals surface area (Å²) in [6, 6.07) is 19.9. The summed E-state index contributed by atoms with van der Waals surface area (Å²) in [6.45, 7) is 0. The van der Waals surface area contributed by atoms with E-state index in [0.717, 1.165) is 22.2 Å². The van der Waals surface area contributed by atoms with Gasteiger partial charge in [0.1, 0.15) is 11.6 Å². The molecule has 4 rings (SSSR count). The van der Waals surface area contributed by atoms with Crippen LogP contribution < -0.4 is 10.5 Å². The molecule has 1 atom stereocenters. The highest BCUT2D eigenvalue weighted by Crippen LogP contribution is 2.45. The van der Waals surface area contributed by atoms with Crippen LogP contribution in [0, 0.1) is 11.3 Å². The second kappa shape index (κ2) is 4.68. The first-order chi connectivity index (χ1) is 10.8. The molecule has 1 aliphatic heterocycles. The van der Waals surface area contributed by atoms with E-state index < -0.39 is 0 Å². The molecule has 22 heavy (non-hydrogen) atoms. The first-order valence-electron chi connectivity index (χ1n) is 7.02. The van der Waals surface area contributed by atoms with Crippen molar-refractivity contribution >= 4 is 10.9 Å². The number of nitriles is 1. The van der Waals surface area contributed by atoms with Crippen LogP contribution in [0.3, 0.4) is 0 Å². The molecule has 1 aliphatic rings. The van der Waals surface area contributed by atoms with E-state index in [-0.39, 0.29) is 11.8 Å². The van der Waals surface area contributed by atoms with Crippen molar-refractivity contribution in [2.75, 3.05) is 0 Å². The number of H-pyrrole nitrogens is 1. The Morgan fingerprint density at radius 3 is 2.55 bits per heavy atom. The lowest BCUT2D eigenvalue weighted by molar-refractivity contribution is 0.397. The first kappa shape index (κ1) is 12.5. The number of allylic oxidation sites excluding steroid dienone is 1. The first-order valence-corrected chi connectivity index (χ1v) is 7.02. The number of nitrogens with zero attached hydrogens (tertiary/aromatic N) is 1. The van der Waals surface area contributed by atoms with Crippen LogP contribution in [0.15, 0.2) is 66.1 Å². The fourth-order valence-electron chi connectivity index (χ4n) is 3.00. The Balaban J connectivity index is 2.02. The van der Waals surface area contributed by atoms with Crippen molar-refractivity contribution in [3.8, 4) is 11.8 Å². The molecule has 2 aromatic carbocycles. The standard InChI is InChI=1S/C18H13N3O/c19-10-13-15(11-6-2-1-3-7-11)16-17(22-18(13)20)12-8-4-5-9-14(12)21-16/h1-9,15,21H,20H2. The molecule has 2 heterocycles. The van der Waals surface area contributed by atoms with E-state index in [1.165, 1.54) is 0 Å². The number of aromatic amines is 1. The van der Waals surface area contributed by atoms with Gasteiger partial charge in [0.25, 0.3) is 0 Å². The molecule has 0 bridgehead atoms. The topological polar surface area (TPSA) is 74.8 Å². The molecule has 1 aromatic heterocycles. The van der Waals surface area contributed by atoms with Crippen molar-refractivity contribution in [3.63, 3.8) is 0 Å². The number of para-hydroxylation sites is 1. The predicted molar refractivity (Wildman–Crippen MR) is 84.0 cm³/mol.